The Morgan fingerprint density at radius 1 is 1.30 bits per heavy atom. The van der Waals surface area contributed by atoms with Crippen LogP contribution in [0.1, 0.15) is 5.56 Å². The van der Waals surface area contributed by atoms with E-state index < -0.39 is 0 Å². The lowest BCUT2D eigenvalue weighted by molar-refractivity contribution is 0.318. The molecule has 0 heterocycles. The van der Waals surface area contributed by atoms with Crippen LogP contribution in [-0.2, 0) is 0 Å². The average Bonchev–Trinajstić information content (AvgIpc) is 2.46. The summed E-state index contributed by atoms with van der Waals surface area (Å²) in [6.07, 6.45) is 0. The number of rotatable bonds is 3. The second kappa shape index (κ2) is 5.92. The van der Waals surface area contributed by atoms with E-state index in [1.807, 2.05) is 0 Å². The number of oxime groups is 1. The number of nitrogens with two attached hydrogens (primary N) is 1. The molecule has 0 aliphatic carbocycles. The Bertz CT molecular complexity index is 661. The van der Waals surface area contributed by atoms with Crippen LogP contribution in [0.25, 0.3) is 0 Å². The first-order chi connectivity index (χ1) is 9.54. The smallest absolute Gasteiger partial charge is 0.171 e. The Kier molecular flexibility index (Phi) is 4.24. The third-order valence-electron chi connectivity index (χ3n) is 2.94. The molecule has 104 valence electrons. The molecule has 20 heavy (non-hydrogen) atoms. The molecule has 0 fully saturated rings. The van der Waals surface area contributed by atoms with E-state index in [1.54, 1.807) is 48.3 Å². The van der Waals surface area contributed by atoms with E-state index in [0.29, 0.717) is 15.7 Å². The van der Waals surface area contributed by atoms with E-state index in [-0.39, 0.29) is 11.7 Å². The summed E-state index contributed by atoms with van der Waals surface area (Å²) < 4.78 is 14.4. The molecule has 2 rings (SSSR count). The van der Waals surface area contributed by atoms with Gasteiger partial charge in [0, 0.05) is 22.8 Å². The molecule has 0 unspecified atom stereocenters. The van der Waals surface area contributed by atoms with Gasteiger partial charge in [0.1, 0.15) is 5.82 Å². The highest BCUT2D eigenvalue weighted by atomic mass is 79.9. The van der Waals surface area contributed by atoms with Gasteiger partial charge in [-0.1, -0.05) is 17.3 Å². The van der Waals surface area contributed by atoms with E-state index in [1.165, 1.54) is 6.07 Å². The fourth-order valence-corrected chi connectivity index (χ4v) is 2.41. The highest BCUT2D eigenvalue weighted by molar-refractivity contribution is 9.10. The zero-order chi connectivity index (χ0) is 14.7. The number of hydrogen-bond donors (Lipinski definition) is 2. The van der Waals surface area contributed by atoms with Crippen LogP contribution in [0.3, 0.4) is 0 Å². The maximum absolute atomic E-state index is 13.8. The van der Waals surface area contributed by atoms with Crippen molar-refractivity contribution in [2.24, 2.45) is 10.9 Å². The highest BCUT2D eigenvalue weighted by Gasteiger charge is 2.11. The van der Waals surface area contributed by atoms with Gasteiger partial charge in [-0.2, -0.15) is 0 Å². The van der Waals surface area contributed by atoms with Gasteiger partial charge in [0.05, 0.1) is 5.69 Å². The number of hydrogen-bond acceptors (Lipinski definition) is 3. The highest BCUT2D eigenvalue weighted by Crippen LogP contribution is 2.29. The predicted molar refractivity (Wildman–Crippen MR) is 81.1 cm³/mol. The Morgan fingerprint density at radius 2 is 2.00 bits per heavy atom. The van der Waals surface area contributed by atoms with Gasteiger partial charge in [0.25, 0.3) is 0 Å². The molecular weight excluding hydrogens is 325 g/mol. The number of benzene rings is 2. The fraction of sp³-hybridized carbons (Fsp3) is 0.0714. The van der Waals surface area contributed by atoms with Crippen LogP contribution in [0.2, 0.25) is 0 Å². The number of halogens is 2. The third-order valence-corrected chi connectivity index (χ3v) is 3.59. The molecule has 0 saturated heterocycles. The minimum Gasteiger partial charge on any atom is -0.409 e. The molecule has 0 bridgehead atoms. The first-order valence-electron chi connectivity index (χ1n) is 5.80. The van der Waals surface area contributed by atoms with Gasteiger partial charge in [-0.15, -0.1) is 0 Å². The van der Waals surface area contributed by atoms with Crippen molar-refractivity contribution in [1.82, 2.24) is 0 Å². The molecular formula is C14H13BrFN3O. The zero-order valence-electron chi connectivity index (χ0n) is 10.7. The lowest BCUT2D eigenvalue weighted by Crippen LogP contribution is -2.15. The van der Waals surface area contributed by atoms with Crippen molar-refractivity contribution < 1.29 is 9.60 Å². The molecule has 0 atom stereocenters. The van der Waals surface area contributed by atoms with Crippen LogP contribution in [0.15, 0.2) is 52.1 Å². The average molecular weight is 338 g/mol. The van der Waals surface area contributed by atoms with E-state index in [0.717, 1.165) is 5.69 Å². The molecule has 2 aromatic rings. The Hall–Kier alpha value is -2.08. The summed E-state index contributed by atoms with van der Waals surface area (Å²) in [5, 5.41) is 11.6. The van der Waals surface area contributed by atoms with Crippen molar-refractivity contribution in [3.05, 3.63) is 58.3 Å². The van der Waals surface area contributed by atoms with Crippen molar-refractivity contribution in [3.8, 4) is 0 Å². The quantitative estimate of drug-likeness (QED) is 0.390. The topological polar surface area (TPSA) is 61.8 Å². The van der Waals surface area contributed by atoms with Crippen molar-refractivity contribution in [1.29, 1.82) is 0 Å². The van der Waals surface area contributed by atoms with E-state index in [2.05, 4.69) is 21.1 Å². The summed E-state index contributed by atoms with van der Waals surface area (Å²) in [4.78, 5) is 1.72. The summed E-state index contributed by atoms with van der Waals surface area (Å²) in [6, 6.07) is 11.8. The Morgan fingerprint density at radius 3 is 2.60 bits per heavy atom. The van der Waals surface area contributed by atoms with Crippen molar-refractivity contribution in [2.45, 2.75) is 0 Å². The molecule has 0 radical (unpaired) electrons. The predicted octanol–water partition coefficient (Wildman–Crippen LogP) is 3.45. The maximum atomic E-state index is 13.8. The molecule has 0 spiro atoms. The number of nitrogens with zero attached hydrogens (tertiary/aromatic N) is 2. The van der Waals surface area contributed by atoms with Gasteiger partial charge in [-0.25, -0.2) is 4.39 Å². The summed E-state index contributed by atoms with van der Waals surface area (Å²) >= 11 is 3.36. The summed E-state index contributed by atoms with van der Waals surface area (Å²) in [7, 11) is 1.77. The van der Waals surface area contributed by atoms with E-state index in [9.17, 15) is 4.39 Å². The normalized spacial score (nSPS) is 11.4. The molecule has 0 aliphatic heterocycles. The third kappa shape index (κ3) is 2.75. The first-order valence-corrected chi connectivity index (χ1v) is 6.59. The minimum atomic E-state index is -0.299. The SMILES string of the molecule is CN(c1ccc(/C(N)=N/O)c(Br)c1)c1ccccc1F. The second-order valence-corrected chi connectivity index (χ2v) is 5.01. The van der Waals surface area contributed by atoms with Crippen LogP contribution in [0.4, 0.5) is 15.8 Å². The first kappa shape index (κ1) is 14.3. The van der Waals surface area contributed by atoms with E-state index >= 15 is 0 Å². The molecule has 2 aromatic carbocycles. The van der Waals surface area contributed by atoms with Crippen molar-refractivity contribution >= 4 is 33.1 Å². The maximum Gasteiger partial charge on any atom is 0.171 e. The largest absolute Gasteiger partial charge is 0.409 e. The van der Waals surface area contributed by atoms with Gasteiger partial charge in [0.15, 0.2) is 5.84 Å². The van der Waals surface area contributed by atoms with Gasteiger partial charge >= 0.3 is 0 Å². The van der Waals surface area contributed by atoms with Gasteiger partial charge < -0.3 is 15.8 Å². The Labute approximate surface area is 124 Å². The summed E-state index contributed by atoms with van der Waals surface area (Å²) in [5.41, 5.74) is 7.36. The number of para-hydroxylation sites is 1. The van der Waals surface area contributed by atoms with Crippen LogP contribution in [-0.4, -0.2) is 18.1 Å². The molecule has 4 nitrogen and oxygen atoms in total. The molecule has 0 saturated carbocycles. The lowest BCUT2D eigenvalue weighted by Gasteiger charge is -2.20. The van der Waals surface area contributed by atoms with Crippen LogP contribution >= 0.6 is 15.9 Å². The zero-order valence-corrected chi connectivity index (χ0v) is 12.3. The molecule has 0 amide bonds. The van der Waals surface area contributed by atoms with Crippen LogP contribution in [0.5, 0.6) is 0 Å². The van der Waals surface area contributed by atoms with E-state index in [4.69, 9.17) is 10.9 Å². The Balaban J connectivity index is 2.40. The van der Waals surface area contributed by atoms with Crippen molar-refractivity contribution in [3.63, 3.8) is 0 Å². The second-order valence-electron chi connectivity index (χ2n) is 4.16. The molecule has 3 N–H and O–H groups in total. The number of anilines is 2. The molecule has 0 aromatic heterocycles. The monoisotopic (exact) mass is 337 g/mol. The van der Waals surface area contributed by atoms with Gasteiger partial charge in [-0.05, 0) is 46.3 Å². The summed E-state index contributed by atoms with van der Waals surface area (Å²) in [5.74, 6) is -0.288. The van der Waals surface area contributed by atoms with Crippen molar-refractivity contribution in [2.75, 3.05) is 11.9 Å². The fourth-order valence-electron chi connectivity index (χ4n) is 1.84. The standard InChI is InChI=1S/C14H13BrFN3O/c1-19(13-5-3-2-4-12(13)16)9-6-7-10(11(15)8-9)14(17)18-20/h2-8,20H,1H3,(H2,17,18). The summed E-state index contributed by atoms with van der Waals surface area (Å²) in [6.45, 7) is 0. The van der Waals surface area contributed by atoms with Gasteiger partial charge in [-0.3, -0.25) is 0 Å². The molecule has 0 aliphatic rings. The van der Waals surface area contributed by atoms with Gasteiger partial charge in [0.2, 0.25) is 0 Å². The minimum absolute atomic E-state index is 0.0111. The number of amidine groups is 1. The lowest BCUT2D eigenvalue weighted by atomic mass is 10.1. The van der Waals surface area contributed by atoms with Crippen LogP contribution in [0, 0.1) is 5.82 Å². The van der Waals surface area contributed by atoms with Crippen LogP contribution < -0.4 is 10.6 Å². The molecule has 6 heteroatoms.